The number of anilines is 2. The lowest BCUT2D eigenvalue weighted by atomic mass is 9.81. The molecule has 0 spiro atoms. The van der Waals surface area contributed by atoms with Crippen LogP contribution in [0.2, 0.25) is 0 Å². The summed E-state index contributed by atoms with van der Waals surface area (Å²) in [5, 5.41) is 13.1. The van der Waals surface area contributed by atoms with Crippen molar-refractivity contribution < 1.29 is 49.4 Å². The minimum Gasteiger partial charge on any atom is -0.744 e. The van der Waals surface area contributed by atoms with Crippen molar-refractivity contribution in [2.24, 2.45) is 0 Å². The van der Waals surface area contributed by atoms with Crippen molar-refractivity contribution in [3.8, 4) is 0 Å². The molecule has 0 saturated heterocycles. The third-order valence-corrected chi connectivity index (χ3v) is 14.4. The minimum absolute atomic E-state index is 0.0916. The molecule has 0 fully saturated rings. The van der Waals surface area contributed by atoms with Gasteiger partial charge in [0.1, 0.15) is 20.2 Å². The molecule has 0 unspecified atom stereocenters. The molecule has 15 heteroatoms. The van der Waals surface area contributed by atoms with E-state index in [0.29, 0.717) is 18.7 Å². The Balaban J connectivity index is 1.49. The molecular weight excluding hydrogens is 863 g/mol. The van der Waals surface area contributed by atoms with Crippen LogP contribution < -0.4 is 10.2 Å². The van der Waals surface area contributed by atoms with E-state index in [0.717, 1.165) is 111 Å². The van der Waals surface area contributed by atoms with E-state index in [1.54, 1.807) is 12.1 Å². The Morgan fingerprint density at radius 2 is 1.38 bits per heavy atom. The molecular formula is C50H66N5O8S2+. The number of carboxylic acid groups (broad SMARTS) is 1. The van der Waals surface area contributed by atoms with E-state index in [4.69, 9.17) is 0 Å². The van der Waals surface area contributed by atoms with Crippen molar-refractivity contribution in [2.45, 2.75) is 86.8 Å². The van der Waals surface area contributed by atoms with Crippen molar-refractivity contribution in [1.82, 2.24) is 0 Å². The Labute approximate surface area is 386 Å². The maximum absolute atomic E-state index is 12.2. The normalized spacial score (nSPS) is 18.9. The van der Waals surface area contributed by atoms with Gasteiger partial charge in [-0.05, 0) is 104 Å². The maximum Gasteiger partial charge on any atom is 0.307 e. The molecule has 3 aliphatic rings. The number of benzene rings is 3. The number of hydrogen-bond donors (Lipinski definition) is 2. The van der Waals surface area contributed by atoms with Crippen LogP contribution >= 0.6 is 0 Å². The fourth-order valence-electron chi connectivity index (χ4n) is 9.31. The second kappa shape index (κ2) is 18.4. The fraction of sp³-hybridized carbons (Fsp3) is 0.440. The first-order valence-corrected chi connectivity index (χ1v) is 25.0. The number of fused-ring (bicyclic) bond motifs is 2. The number of allylic oxidation sites excluding steroid dienone is 7. The van der Waals surface area contributed by atoms with Gasteiger partial charge in [0.2, 0.25) is 5.69 Å². The molecule has 3 aromatic rings. The zero-order valence-corrected chi connectivity index (χ0v) is 41.2. The summed E-state index contributed by atoms with van der Waals surface area (Å²) in [6, 6.07) is 16.7. The first kappa shape index (κ1) is 49.5. The molecule has 0 amide bonds. The molecule has 13 nitrogen and oxygen atoms in total. The number of nitrogens with one attached hydrogen (secondary N) is 1. The van der Waals surface area contributed by atoms with E-state index in [-0.39, 0.29) is 16.2 Å². The monoisotopic (exact) mass is 928 g/mol. The Bertz CT molecular complexity index is 2730. The van der Waals surface area contributed by atoms with Crippen molar-refractivity contribution in [3.05, 3.63) is 124 Å². The summed E-state index contributed by atoms with van der Waals surface area (Å²) in [7, 11) is 3.54. The quantitative estimate of drug-likeness (QED) is 0.0790. The van der Waals surface area contributed by atoms with E-state index in [2.05, 4.69) is 109 Å². The van der Waals surface area contributed by atoms with Crippen molar-refractivity contribution >= 4 is 49.0 Å². The summed E-state index contributed by atoms with van der Waals surface area (Å²) in [6.07, 6.45) is 12.5. The topological polar surface area (TPSA) is 170 Å². The molecule has 0 atom stereocenters. The van der Waals surface area contributed by atoms with Crippen molar-refractivity contribution in [3.63, 3.8) is 0 Å². The largest absolute Gasteiger partial charge is 0.744 e. The van der Waals surface area contributed by atoms with Gasteiger partial charge in [-0.3, -0.25) is 4.79 Å². The zero-order chi connectivity index (χ0) is 47.9. The minimum atomic E-state index is -4.68. The summed E-state index contributed by atoms with van der Waals surface area (Å²) in [5.74, 6) is -0.910. The Morgan fingerprint density at radius 1 is 0.785 bits per heavy atom. The number of hydrogen-bond acceptors (Lipinski definition) is 9. The van der Waals surface area contributed by atoms with Crippen LogP contribution in [-0.4, -0.2) is 125 Å². The van der Waals surface area contributed by atoms with Gasteiger partial charge in [-0.25, -0.2) is 16.8 Å². The van der Waals surface area contributed by atoms with E-state index in [1.807, 2.05) is 24.3 Å². The number of quaternary nitrogens is 2. The molecule has 0 bridgehead atoms. The van der Waals surface area contributed by atoms with Crippen LogP contribution in [0.1, 0.15) is 76.5 Å². The van der Waals surface area contributed by atoms with Gasteiger partial charge in [0.15, 0.2) is 12.3 Å². The summed E-state index contributed by atoms with van der Waals surface area (Å²) < 4.78 is 77.1. The Kier molecular flexibility index (Phi) is 14.0. The fourth-order valence-corrected chi connectivity index (χ4v) is 10.3. The summed E-state index contributed by atoms with van der Waals surface area (Å²) in [5.41, 5.74) is 8.44. The number of carbonyl (C=O) groups is 1. The number of carboxylic acids is 1. The summed E-state index contributed by atoms with van der Waals surface area (Å²) in [4.78, 5) is 13.2. The van der Waals surface area contributed by atoms with Crippen molar-refractivity contribution in [1.29, 1.82) is 0 Å². The van der Waals surface area contributed by atoms with Crippen LogP contribution in [0.15, 0.2) is 117 Å². The highest BCUT2D eigenvalue weighted by Crippen LogP contribution is 2.49. The lowest BCUT2D eigenvalue weighted by Gasteiger charge is -2.29. The van der Waals surface area contributed by atoms with E-state index >= 15 is 0 Å². The van der Waals surface area contributed by atoms with Crippen LogP contribution in [0.3, 0.4) is 0 Å². The molecule has 6 rings (SSSR count). The van der Waals surface area contributed by atoms with Gasteiger partial charge in [0.25, 0.3) is 0 Å². The average Bonchev–Trinajstić information content (AvgIpc) is 3.53. The van der Waals surface area contributed by atoms with Gasteiger partial charge < -0.3 is 33.4 Å². The summed E-state index contributed by atoms with van der Waals surface area (Å²) in [6.45, 7) is 11.4. The Hall–Kier alpha value is -4.90. The van der Waals surface area contributed by atoms with Crippen LogP contribution in [0.5, 0.6) is 0 Å². The predicted molar refractivity (Wildman–Crippen MR) is 255 cm³/mol. The molecule has 65 heavy (non-hydrogen) atoms. The third-order valence-electron chi connectivity index (χ3n) is 12.7. The van der Waals surface area contributed by atoms with E-state index in [9.17, 15) is 35.8 Å². The van der Waals surface area contributed by atoms with Crippen LogP contribution in [0, 0.1) is 0 Å². The van der Waals surface area contributed by atoms with Gasteiger partial charge in [-0.1, -0.05) is 38.1 Å². The third kappa shape index (κ3) is 11.6. The van der Waals surface area contributed by atoms with Gasteiger partial charge in [0, 0.05) is 58.9 Å². The van der Waals surface area contributed by atoms with E-state index in [1.165, 1.54) is 24.3 Å². The van der Waals surface area contributed by atoms with Crippen molar-refractivity contribution in [2.75, 3.05) is 78.7 Å². The number of nitrogens with zero attached hydrogens (tertiary/aromatic N) is 4. The van der Waals surface area contributed by atoms with Crippen LogP contribution in [0.25, 0.3) is 0 Å². The average molecular weight is 929 g/mol. The molecule has 0 aromatic heterocycles. The molecule has 2 N–H and O–H groups in total. The molecule has 350 valence electrons. The number of aliphatic carboxylic acids is 1. The van der Waals surface area contributed by atoms with Crippen LogP contribution in [-0.2, 0) is 42.3 Å². The molecule has 2 aliphatic heterocycles. The lowest BCUT2D eigenvalue weighted by molar-refractivity contribution is -0.871. The van der Waals surface area contributed by atoms with Gasteiger partial charge >= 0.3 is 5.97 Å². The SMILES string of the molecule is CC1(C)C(/C=C/C2=C(Nc3ccc(CC(=O)O)cc3)C(=C/C=C3/N(CCC[N+](C)(C)C)c4ccc(S(=O)(=O)[O-])cc4C3(C)C)/CCC2)=[N+](CCC[N+](C)(C)C)c2ccc(S(=O)(=O)[O-])cc21. The first-order valence-electron chi connectivity index (χ1n) is 22.2. The molecule has 2 heterocycles. The zero-order valence-electron chi connectivity index (χ0n) is 39.6. The van der Waals surface area contributed by atoms with Gasteiger partial charge in [0.05, 0.1) is 83.4 Å². The smallest absolute Gasteiger partial charge is 0.307 e. The number of rotatable bonds is 17. The highest BCUT2D eigenvalue weighted by atomic mass is 32.2. The lowest BCUT2D eigenvalue weighted by Crippen LogP contribution is -2.37. The second-order valence-electron chi connectivity index (χ2n) is 20.7. The molecule has 1 aliphatic carbocycles. The second-order valence-corrected chi connectivity index (χ2v) is 23.4. The highest BCUT2D eigenvalue weighted by Gasteiger charge is 2.45. The molecule has 0 radical (unpaired) electrons. The van der Waals surface area contributed by atoms with Gasteiger partial charge in [-0.2, -0.15) is 4.58 Å². The maximum atomic E-state index is 12.2. The summed E-state index contributed by atoms with van der Waals surface area (Å²) >= 11 is 0. The Morgan fingerprint density at radius 3 is 1.98 bits per heavy atom. The molecule has 3 aromatic carbocycles. The highest BCUT2D eigenvalue weighted by molar-refractivity contribution is 7.86. The first-order chi connectivity index (χ1) is 30.1. The van der Waals surface area contributed by atoms with Crippen LogP contribution in [0.4, 0.5) is 17.1 Å². The molecule has 0 saturated carbocycles. The van der Waals surface area contributed by atoms with Gasteiger partial charge in [-0.15, -0.1) is 0 Å². The van der Waals surface area contributed by atoms with E-state index < -0.39 is 37.0 Å². The standard InChI is InChI=1S/C50H65N5O8S2/c1-49(2)41-33-39(64(58,59)60)22-24-43(41)52(28-12-30-54(5,6)7)45(49)26-18-36-14-11-15-37(48(36)51-38-20-16-35(17-21-38)32-47(56)57)19-27-46-50(3,4)42-34-40(65(61,62)63)23-25-44(42)53(46)29-13-31-55(8,9)10/h16-27,33-34H,11-15,28-32H2,1-10H3,(H-2,56,57,58,59,60,61,62,63)/p+1/b36-18+,45-26+. The predicted octanol–water partition coefficient (Wildman–Crippen LogP) is 7.41.